The minimum atomic E-state index is -3.81. The van der Waals surface area contributed by atoms with Crippen LogP contribution in [0.3, 0.4) is 0 Å². The SMILES string of the molecule is CC1C(c2ccccc2)OP(=O)(OC(C#N)(c2ccccc2)C2CCC(=O)C2)N1C. The van der Waals surface area contributed by atoms with Crippen molar-refractivity contribution in [3.63, 3.8) is 0 Å². The maximum Gasteiger partial charge on any atom is 0.410 e. The first-order valence-corrected chi connectivity index (χ1v) is 11.6. The third-order valence-electron chi connectivity index (χ3n) is 6.24. The Kier molecular flexibility index (Phi) is 5.65. The minimum Gasteiger partial charge on any atom is -0.300 e. The van der Waals surface area contributed by atoms with Gasteiger partial charge in [0.05, 0.1) is 0 Å². The van der Waals surface area contributed by atoms with Gasteiger partial charge in [-0.2, -0.15) is 5.26 Å². The molecule has 1 heterocycles. The second kappa shape index (κ2) is 8.09. The van der Waals surface area contributed by atoms with E-state index in [9.17, 15) is 14.6 Å². The van der Waals surface area contributed by atoms with Crippen molar-refractivity contribution in [3.05, 3.63) is 71.8 Å². The first-order valence-electron chi connectivity index (χ1n) is 10.2. The highest BCUT2D eigenvalue weighted by molar-refractivity contribution is 7.51. The second-order valence-corrected chi connectivity index (χ2v) is 9.96. The number of rotatable bonds is 5. The minimum absolute atomic E-state index is 0.0914. The summed E-state index contributed by atoms with van der Waals surface area (Å²) >= 11 is 0. The van der Waals surface area contributed by atoms with Crippen LogP contribution in [0.15, 0.2) is 60.7 Å². The van der Waals surface area contributed by atoms with E-state index in [1.165, 1.54) is 0 Å². The molecule has 2 aromatic rings. The van der Waals surface area contributed by atoms with Gasteiger partial charge in [-0.05, 0) is 31.5 Å². The van der Waals surface area contributed by atoms with Crippen molar-refractivity contribution < 1.29 is 18.4 Å². The maximum atomic E-state index is 14.0. The summed E-state index contributed by atoms with van der Waals surface area (Å²) in [4.78, 5) is 12.0. The van der Waals surface area contributed by atoms with E-state index < -0.39 is 19.5 Å². The zero-order valence-corrected chi connectivity index (χ0v) is 18.0. The van der Waals surface area contributed by atoms with Crippen molar-refractivity contribution in [1.29, 1.82) is 5.26 Å². The van der Waals surface area contributed by atoms with E-state index >= 15 is 0 Å². The van der Waals surface area contributed by atoms with Gasteiger partial charge in [-0.3, -0.25) is 13.8 Å². The van der Waals surface area contributed by atoms with Crippen LogP contribution in [0.5, 0.6) is 0 Å². The number of likely N-dealkylation sites (N-methyl/N-ethyl adjacent to an activating group) is 1. The first-order chi connectivity index (χ1) is 14.4. The monoisotopic (exact) mass is 424 g/mol. The van der Waals surface area contributed by atoms with E-state index in [1.54, 1.807) is 23.9 Å². The summed E-state index contributed by atoms with van der Waals surface area (Å²) in [6.07, 6.45) is 0.695. The van der Waals surface area contributed by atoms with Gasteiger partial charge in [-0.1, -0.05) is 60.7 Å². The van der Waals surface area contributed by atoms with Gasteiger partial charge in [-0.15, -0.1) is 0 Å². The van der Waals surface area contributed by atoms with Crippen LogP contribution >= 0.6 is 7.75 Å². The first kappa shape index (κ1) is 21.0. The van der Waals surface area contributed by atoms with Gasteiger partial charge < -0.3 is 0 Å². The van der Waals surface area contributed by atoms with Crippen molar-refractivity contribution in [1.82, 2.24) is 4.67 Å². The number of carbonyl (C=O) groups is 1. The van der Waals surface area contributed by atoms with Crippen molar-refractivity contribution in [2.75, 3.05) is 7.05 Å². The van der Waals surface area contributed by atoms with Crippen LogP contribution in [0.2, 0.25) is 0 Å². The smallest absolute Gasteiger partial charge is 0.300 e. The average molecular weight is 424 g/mol. The highest BCUT2D eigenvalue weighted by Crippen LogP contribution is 2.66. The lowest BCUT2D eigenvalue weighted by Crippen LogP contribution is -2.36. The number of hydrogen-bond donors (Lipinski definition) is 0. The van der Waals surface area contributed by atoms with Gasteiger partial charge >= 0.3 is 7.75 Å². The topological polar surface area (TPSA) is 79.6 Å². The maximum absolute atomic E-state index is 14.0. The molecule has 2 aromatic carbocycles. The zero-order chi connectivity index (χ0) is 21.4. The molecule has 5 atom stereocenters. The van der Waals surface area contributed by atoms with Crippen molar-refractivity contribution >= 4 is 13.5 Å². The standard InChI is InChI=1S/C23H25N2O4P/c1-17-22(18-9-5-3-6-10-18)28-30(27,25(17)2)29-23(16-24,19-11-7-4-8-12-19)20-13-14-21(26)15-20/h3-12,17,20,22H,13-15H2,1-2H3. The molecule has 0 bridgehead atoms. The number of hydrogen-bond acceptors (Lipinski definition) is 5. The van der Waals surface area contributed by atoms with Crippen molar-refractivity contribution in [3.8, 4) is 6.07 Å². The number of Topliss-reactive ketones (excluding diaryl/α,β-unsaturated/α-hetero) is 1. The molecule has 7 heteroatoms. The van der Waals surface area contributed by atoms with Crippen LogP contribution < -0.4 is 0 Å². The number of nitriles is 1. The molecule has 0 amide bonds. The molecular weight excluding hydrogens is 399 g/mol. The van der Waals surface area contributed by atoms with Gasteiger partial charge in [0.1, 0.15) is 18.0 Å². The summed E-state index contributed by atoms with van der Waals surface area (Å²) in [5.74, 6) is -0.292. The van der Waals surface area contributed by atoms with Crippen LogP contribution in [0.1, 0.15) is 43.4 Å². The molecule has 1 saturated heterocycles. The third kappa shape index (κ3) is 3.53. The fourth-order valence-electron chi connectivity index (χ4n) is 4.36. The van der Waals surface area contributed by atoms with Gasteiger partial charge in [0.2, 0.25) is 0 Å². The zero-order valence-electron chi connectivity index (χ0n) is 17.1. The van der Waals surface area contributed by atoms with Crippen LogP contribution in [0.25, 0.3) is 0 Å². The molecule has 5 unspecified atom stereocenters. The van der Waals surface area contributed by atoms with E-state index in [-0.39, 0.29) is 24.2 Å². The van der Waals surface area contributed by atoms with Crippen molar-refractivity contribution in [2.24, 2.45) is 5.92 Å². The van der Waals surface area contributed by atoms with Crippen LogP contribution in [-0.2, 0) is 24.0 Å². The Hall–Kier alpha value is -2.29. The number of ketones is 1. The Morgan fingerprint density at radius 3 is 2.37 bits per heavy atom. The molecule has 1 saturated carbocycles. The molecule has 0 aromatic heterocycles. The fourth-order valence-corrected chi connectivity index (χ4v) is 6.49. The summed E-state index contributed by atoms with van der Waals surface area (Å²) in [5.41, 5.74) is -0.0330. The Balaban J connectivity index is 1.73. The number of carbonyl (C=O) groups excluding carboxylic acids is 1. The van der Waals surface area contributed by atoms with E-state index in [4.69, 9.17) is 9.05 Å². The predicted octanol–water partition coefficient (Wildman–Crippen LogP) is 4.99. The highest BCUT2D eigenvalue weighted by atomic mass is 31.2. The number of nitrogens with zero attached hydrogens (tertiary/aromatic N) is 2. The molecule has 0 N–H and O–H groups in total. The lowest BCUT2D eigenvalue weighted by Gasteiger charge is -2.35. The molecule has 1 aliphatic carbocycles. The van der Waals surface area contributed by atoms with E-state index in [0.717, 1.165) is 5.56 Å². The average Bonchev–Trinajstić information content (AvgIpc) is 3.31. The summed E-state index contributed by atoms with van der Waals surface area (Å²) < 4.78 is 27.8. The predicted molar refractivity (Wildman–Crippen MR) is 112 cm³/mol. The molecule has 156 valence electrons. The van der Waals surface area contributed by atoms with E-state index in [0.29, 0.717) is 18.4 Å². The second-order valence-electron chi connectivity index (χ2n) is 8.00. The summed E-state index contributed by atoms with van der Waals surface area (Å²) in [6, 6.07) is 20.7. The lowest BCUT2D eigenvalue weighted by atomic mass is 9.81. The number of benzene rings is 2. The van der Waals surface area contributed by atoms with E-state index in [1.807, 2.05) is 55.5 Å². The highest BCUT2D eigenvalue weighted by Gasteiger charge is 2.56. The molecule has 6 nitrogen and oxygen atoms in total. The van der Waals surface area contributed by atoms with Gasteiger partial charge in [0.25, 0.3) is 0 Å². The summed E-state index contributed by atoms with van der Waals surface area (Å²) in [7, 11) is -2.12. The van der Waals surface area contributed by atoms with Crippen molar-refractivity contribution in [2.45, 2.75) is 43.9 Å². The Morgan fingerprint density at radius 2 is 1.80 bits per heavy atom. The van der Waals surface area contributed by atoms with Gasteiger partial charge in [-0.25, -0.2) is 9.24 Å². The summed E-state index contributed by atoms with van der Waals surface area (Å²) in [5, 5.41) is 10.3. The van der Waals surface area contributed by atoms with E-state index in [2.05, 4.69) is 6.07 Å². The largest absolute Gasteiger partial charge is 0.410 e. The molecule has 1 aliphatic heterocycles. The van der Waals surface area contributed by atoms with Crippen LogP contribution in [0, 0.1) is 17.2 Å². The summed E-state index contributed by atoms with van der Waals surface area (Å²) in [6.45, 7) is 1.93. The quantitative estimate of drug-likeness (QED) is 0.629. The molecule has 4 rings (SSSR count). The Bertz CT molecular complexity index is 1010. The van der Waals surface area contributed by atoms with Crippen LogP contribution in [0.4, 0.5) is 0 Å². The molecule has 0 spiro atoms. The molecule has 30 heavy (non-hydrogen) atoms. The molecule has 0 radical (unpaired) electrons. The lowest BCUT2D eigenvalue weighted by molar-refractivity contribution is -0.118. The Morgan fingerprint density at radius 1 is 1.17 bits per heavy atom. The molecule has 2 fully saturated rings. The molecule has 2 aliphatic rings. The Labute approximate surface area is 177 Å². The van der Waals surface area contributed by atoms with Gasteiger partial charge in [0, 0.05) is 24.8 Å². The van der Waals surface area contributed by atoms with Gasteiger partial charge in [0.15, 0.2) is 5.60 Å². The third-order valence-corrected chi connectivity index (χ3v) is 8.39. The fraction of sp³-hybridized carbons (Fsp3) is 0.391. The normalized spacial score (nSPS) is 31.4. The molecular formula is C23H25N2O4P. The van der Waals surface area contributed by atoms with Crippen LogP contribution in [-0.4, -0.2) is 23.5 Å².